The summed E-state index contributed by atoms with van der Waals surface area (Å²) in [6.07, 6.45) is 1.29. The highest BCUT2D eigenvalue weighted by Crippen LogP contribution is 2.23. The number of hydrogen-bond donors (Lipinski definition) is 0. The number of nitrogens with zero attached hydrogens (tertiary/aromatic N) is 6. The maximum Gasteiger partial charge on any atom is 0.261 e. The van der Waals surface area contributed by atoms with E-state index in [1.54, 1.807) is 25.2 Å². The molecule has 1 saturated heterocycles. The average Bonchev–Trinajstić information content (AvgIpc) is 3.17. The van der Waals surface area contributed by atoms with Crippen molar-refractivity contribution in [3.63, 3.8) is 0 Å². The molecule has 160 valence electrons. The van der Waals surface area contributed by atoms with Gasteiger partial charge in [0.15, 0.2) is 0 Å². The van der Waals surface area contributed by atoms with Crippen molar-refractivity contribution in [2.45, 2.75) is 17.9 Å². The molecule has 3 heterocycles. The van der Waals surface area contributed by atoms with Crippen molar-refractivity contribution in [2.75, 3.05) is 31.1 Å². The first-order valence-electron chi connectivity index (χ1n) is 9.27. The van der Waals surface area contributed by atoms with Gasteiger partial charge in [-0.25, -0.2) is 22.2 Å². The summed E-state index contributed by atoms with van der Waals surface area (Å²) in [4.78, 5) is 18.6. The second kappa shape index (κ2) is 7.76. The van der Waals surface area contributed by atoms with Crippen LogP contribution in [0.25, 0.3) is 10.9 Å². The Morgan fingerprint density at radius 2 is 1.90 bits per heavy atom. The third-order valence-corrected chi connectivity index (χ3v) is 6.92. The molecule has 1 aliphatic rings. The van der Waals surface area contributed by atoms with Crippen LogP contribution in [-0.4, -0.2) is 64.7 Å². The third kappa shape index (κ3) is 3.79. The highest BCUT2D eigenvalue weighted by atomic mass is 32.2. The summed E-state index contributed by atoms with van der Waals surface area (Å²) in [6, 6.07) is 5.01. The topological polar surface area (TPSA) is 93.3 Å². The Balaban J connectivity index is 1.51. The van der Waals surface area contributed by atoms with Crippen LogP contribution in [0.15, 0.2) is 46.6 Å². The lowest BCUT2D eigenvalue weighted by molar-refractivity contribution is 0.125. The fraction of sp³-hybridized carbons (Fsp3) is 0.389. The molecule has 30 heavy (non-hydrogen) atoms. The summed E-state index contributed by atoms with van der Waals surface area (Å²) in [5, 5.41) is 4.19. The maximum absolute atomic E-state index is 12.7. The van der Waals surface area contributed by atoms with Gasteiger partial charge in [0.2, 0.25) is 10.0 Å². The van der Waals surface area contributed by atoms with Gasteiger partial charge in [0.1, 0.15) is 4.90 Å². The van der Waals surface area contributed by atoms with Crippen molar-refractivity contribution in [3.05, 3.63) is 47.3 Å². The van der Waals surface area contributed by atoms with Crippen molar-refractivity contribution < 1.29 is 17.2 Å². The van der Waals surface area contributed by atoms with E-state index in [0.717, 1.165) is 16.6 Å². The Kier molecular flexibility index (Phi) is 5.28. The molecule has 3 aromatic rings. The summed E-state index contributed by atoms with van der Waals surface area (Å²) < 4.78 is 54.4. The van der Waals surface area contributed by atoms with Crippen LogP contribution in [0.5, 0.6) is 0 Å². The van der Waals surface area contributed by atoms with Gasteiger partial charge in [-0.15, -0.1) is 0 Å². The first-order valence-corrected chi connectivity index (χ1v) is 10.7. The second-order valence-electron chi connectivity index (χ2n) is 7.04. The molecule has 9 nitrogen and oxygen atoms in total. The van der Waals surface area contributed by atoms with Crippen LogP contribution in [0.2, 0.25) is 0 Å². The summed E-state index contributed by atoms with van der Waals surface area (Å²) in [7, 11) is -1.94. The Bertz CT molecular complexity index is 1230. The molecule has 0 aliphatic carbocycles. The molecule has 0 N–H and O–H groups in total. The van der Waals surface area contributed by atoms with Crippen LogP contribution in [0.1, 0.15) is 0 Å². The van der Waals surface area contributed by atoms with E-state index in [9.17, 15) is 22.0 Å². The van der Waals surface area contributed by atoms with E-state index in [0.29, 0.717) is 31.7 Å². The van der Waals surface area contributed by atoms with Crippen LogP contribution >= 0.6 is 0 Å². The zero-order valence-corrected chi connectivity index (χ0v) is 17.0. The van der Waals surface area contributed by atoms with Crippen molar-refractivity contribution in [3.8, 4) is 0 Å². The van der Waals surface area contributed by atoms with Gasteiger partial charge in [-0.05, 0) is 18.2 Å². The zero-order valence-electron chi connectivity index (χ0n) is 16.1. The van der Waals surface area contributed by atoms with Gasteiger partial charge in [0, 0.05) is 45.1 Å². The van der Waals surface area contributed by atoms with E-state index in [1.165, 1.54) is 21.4 Å². The summed E-state index contributed by atoms with van der Waals surface area (Å²) in [5.41, 5.74) is 0.687. The molecule has 0 radical (unpaired) electrons. The van der Waals surface area contributed by atoms with Crippen LogP contribution in [0.4, 0.5) is 14.5 Å². The molecular formula is C18H20F2N6O3S. The molecule has 0 saturated carbocycles. The number of fused-ring (bicyclic) bond motifs is 1. The lowest BCUT2D eigenvalue weighted by Gasteiger charge is -2.35. The summed E-state index contributed by atoms with van der Waals surface area (Å²) in [5.74, 6) is 0. The Hall–Kier alpha value is -2.86. The minimum atomic E-state index is -3.60. The van der Waals surface area contributed by atoms with Gasteiger partial charge < -0.3 is 4.90 Å². The highest BCUT2D eigenvalue weighted by Gasteiger charge is 2.29. The average molecular weight is 438 g/mol. The second-order valence-corrected chi connectivity index (χ2v) is 8.97. The van der Waals surface area contributed by atoms with Crippen LogP contribution < -0.4 is 10.5 Å². The molecule has 12 heteroatoms. The molecular weight excluding hydrogens is 418 g/mol. The normalized spacial score (nSPS) is 15.9. The van der Waals surface area contributed by atoms with Gasteiger partial charge >= 0.3 is 0 Å². The molecule has 1 fully saturated rings. The van der Waals surface area contributed by atoms with E-state index < -0.39 is 28.6 Å². The first-order chi connectivity index (χ1) is 14.3. The van der Waals surface area contributed by atoms with Crippen molar-refractivity contribution in [2.24, 2.45) is 7.05 Å². The Morgan fingerprint density at radius 3 is 2.53 bits per heavy atom. The molecule has 1 aliphatic heterocycles. The number of alkyl halides is 2. The quantitative estimate of drug-likeness (QED) is 0.588. The first kappa shape index (κ1) is 20.4. The Labute approximate surface area is 171 Å². The smallest absolute Gasteiger partial charge is 0.261 e. The third-order valence-electron chi connectivity index (χ3n) is 5.07. The Morgan fingerprint density at radius 1 is 1.17 bits per heavy atom. The number of aryl methyl sites for hydroxylation is 1. The molecule has 4 rings (SSSR count). The van der Waals surface area contributed by atoms with Crippen LogP contribution in [0, 0.1) is 0 Å². The summed E-state index contributed by atoms with van der Waals surface area (Å²) >= 11 is 0. The molecule has 0 amide bonds. The van der Waals surface area contributed by atoms with Gasteiger partial charge in [-0.2, -0.15) is 9.40 Å². The van der Waals surface area contributed by atoms with E-state index >= 15 is 0 Å². The van der Waals surface area contributed by atoms with Gasteiger partial charge in [-0.3, -0.25) is 14.0 Å². The number of anilines is 1. The van der Waals surface area contributed by atoms with Crippen LogP contribution in [0.3, 0.4) is 0 Å². The summed E-state index contributed by atoms with van der Waals surface area (Å²) in [6.45, 7) is 0.842. The fourth-order valence-corrected chi connectivity index (χ4v) is 4.90. The predicted molar refractivity (Wildman–Crippen MR) is 106 cm³/mol. The highest BCUT2D eigenvalue weighted by molar-refractivity contribution is 7.89. The molecule has 2 aromatic heterocycles. The molecule has 0 bridgehead atoms. The lowest BCUT2D eigenvalue weighted by atomic mass is 10.2. The minimum Gasteiger partial charge on any atom is -0.369 e. The monoisotopic (exact) mass is 438 g/mol. The number of halogens is 2. The number of sulfonamides is 1. The van der Waals surface area contributed by atoms with Crippen molar-refractivity contribution >= 4 is 26.6 Å². The SMILES string of the molecule is Cn1cc(S(=O)(=O)N2CCN(c3ccc4c(=O)n(CC(F)F)cnc4c3)CC2)cn1. The molecule has 0 unspecified atom stereocenters. The van der Waals surface area contributed by atoms with Crippen molar-refractivity contribution in [1.82, 2.24) is 23.6 Å². The van der Waals surface area contributed by atoms with E-state index in [1.807, 2.05) is 4.90 Å². The van der Waals surface area contributed by atoms with Gasteiger partial charge in [0.05, 0.1) is 30.0 Å². The minimum absolute atomic E-state index is 0.161. The maximum atomic E-state index is 12.7. The number of rotatable bonds is 5. The predicted octanol–water partition coefficient (Wildman–Crippen LogP) is 0.906. The van der Waals surface area contributed by atoms with E-state index in [-0.39, 0.29) is 10.3 Å². The molecule has 0 spiro atoms. The van der Waals surface area contributed by atoms with E-state index in [4.69, 9.17) is 0 Å². The zero-order chi connectivity index (χ0) is 21.5. The van der Waals surface area contributed by atoms with Crippen molar-refractivity contribution in [1.29, 1.82) is 0 Å². The standard InChI is InChI=1S/C18H20F2N6O3S/c1-23-10-14(9-22-23)30(28,29)26-6-4-24(5-7-26)13-2-3-15-16(8-13)21-12-25(18(15)27)11-17(19)20/h2-3,8-10,12,17H,4-7,11H2,1H3. The number of hydrogen-bond acceptors (Lipinski definition) is 6. The number of benzene rings is 1. The van der Waals surface area contributed by atoms with Gasteiger partial charge in [-0.1, -0.05) is 0 Å². The number of piperazine rings is 1. The largest absolute Gasteiger partial charge is 0.369 e. The van der Waals surface area contributed by atoms with Crippen LogP contribution in [-0.2, 0) is 23.6 Å². The molecule has 1 aromatic carbocycles. The van der Waals surface area contributed by atoms with E-state index in [2.05, 4.69) is 10.1 Å². The fourth-order valence-electron chi connectivity index (χ4n) is 3.49. The number of aromatic nitrogens is 4. The van der Waals surface area contributed by atoms with Gasteiger partial charge in [0.25, 0.3) is 12.0 Å². The lowest BCUT2D eigenvalue weighted by Crippen LogP contribution is -2.48. The molecule has 0 atom stereocenters.